The maximum atomic E-state index is 10.5. The number of hydrogen-bond acceptors (Lipinski definition) is 3. The summed E-state index contributed by atoms with van der Waals surface area (Å²) >= 11 is 8.62. The molecule has 0 spiro atoms. The maximum Gasteiger partial charge on any atom is 0.303 e. The summed E-state index contributed by atoms with van der Waals surface area (Å²) in [5.74, 6) is -0.819. The van der Waals surface area contributed by atoms with Gasteiger partial charge in [-0.2, -0.15) is 5.10 Å². The number of hydrazone groups is 1. The Balaban J connectivity index is 2.07. The molecule has 0 heterocycles. The molecule has 0 aliphatic carbocycles. The van der Waals surface area contributed by atoms with Gasteiger partial charge in [0.2, 0.25) is 0 Å². The number of benzene rings is 2. The molecule has 2 aromatic carbocycles. The molecule has 130 valence electrons. The third-order valence-electron chi connectivity index (χ3n) is 3.29. The van der Waals surface area contributed by atoms with Gasteiger partial charge in [-0.15, -0.1) is 0 Å². The number of hydrogen-bond donors (Lipinski definition) is 3. The van der Waals surface area contributed by atoms with Gasteiger partial charge < -0.3 is 10.4 Å². The van der Waals surface area contributed by atoms with E-state index in [-0.39, 0.29) is 6.42 Å². The van der Waals surface area contributed by atoms with Gasteiger partial charge in [-0.25, -0.2) is 0 Å². The molecule has 25 heavy (non-hydrogen) atoms. The van der Waals surface area contributed by atoms with E-state index in [1.807, 2.05) is 54.6 Å². The fourth-order valence-electron chi connectivity index (χ4n) is 2.09. The highest BCUT2D eigenvalue weighted by Gasteiger charge is 2.07. The Morgan fingerprint density at radius 3 is 2.36 bits per heavy atom. The van der Waals surface area contributed by atoms with Crippen molar-refractivity contribution >= 4 is 44.9 Å². The van der Waals surface area contributed by atoms with Gasteiger partial charge in [-0.1, -0.05) is 58.4 Å². The number of nitrogens with one attached hydrogen (secondary N) is 2. The van der Waals surface area contributed by atoms with Crippen LogP contribution in [0.5, 0.6) is 0 Å². The van der Waals surface area contributed by atoms with Crippen molar-refractivity contribution in [3.05, 3.63) is 70.2 Å². The third kappa shape index (κ3) is 6.64. The first-order valence-electron chi connectivity index (χ1n) is 7.71. The van der Waals surface area contributed by atoms with Crippen molar-refractivity contribution in [3.63, 3.8) is 0 Å². The quantitative estimate of drug-likeness (QED) is 0.277. The molecule has 0 aliphatic heterocycles. The van der Waals surface area contributed by atoms with Crippen molar-refractivity contribution in [3.8, 4) is 0 Å². The van der Waals surface area contributed by atoms with E-state index < -0.39 is 5.97 Å². The molecule has 5 nitrogen and oxygen atoms in total. The molecular weight excluding hydrogens is 402 g/mol. The van der Waals surface area contributed by atoms with Crippen molar-refractivity contribution in [2.24, 2.45) is 5.10 Å². The number of carboxylic acids is 1. The Labute approximate surface area is 160 Å². The van der Waals surface area contributed by atoms with Crippen LogP contribution in [-0.4, -0.2) is 28.4 Å². The summed E-state index contributed by atoms with van der Waals surface area (Å²) in [6.45, 7) is 0.479. The van der Waals surface area contributed by atoms with Gasteiger partial charge >= 0.3 is 5.97 Å². The number of carboxylic acid groups (broad SMARTS) is 1. The molecule has 0 fully saturated rings. The third-order valence-corrected chi connectivity index (χ3v) is 4.05. The summed E-state index contributed by atoms with van der Waals surface area (Å²) in [4.78, 5) is 10.5. The van der Waals surface area contributed by atoms with E-state index in [1.165, 1.54) is 0 Å². The molecular formula is C18H18BrN3O2S. The predicted molar refractivity (Wildman–Crippen MR) is 107 cm³/mol. The molecule has 0 bridgehead atoms. The number of carbonyl (C=O) groups is 1. The van der Waals surface area contributed by atoms with Crippen molar-refractivity contribution in [2.75, 3.05) is 6.54 Å². The van der Waals surface area contributed by atoms with E-state index in [0.29, 0.717) is 18.1 Å². The molecule has 0 saturated carbocycles. The van der Waals surface area contributed by atoms with E-state index in [9.17, 15) is 4.79 Å². The van der Waals surface area contributed by atoms with E-state index in [4.69, 9.17) is 17.3 Å². The molecule has 0 amide bonds. The zero-order chi connectivity index (χ0) is 18.1. The fourth-order valence-corrected chi connectivity index (χ4v) is 2.50. The molecule has 0 aromatic heterocycles. The van der Waals surface area contributed by atoms with Crippen LogP contribution in [0.25, 0.3) is 0 Å². The van der Waals surface area contributed by atoms with Crippen LogP contribution >= 0.6 is 28.1 Å². The van der Waals surface area contributed by atoms with Gasteiger partial charge in [0.05, 0.1) is 5.71 Å². The van der Waals surface area contributed by atoms with Gasteiger partial charge in [0.1, 0.15) is 0 Å². The van der Waals surface area contributed by atoms with Crippen molar-refractivity contribution < 1.29 is 9.90 Å². The van der Waals surface area contributed by atoms with Crippen molar-refractivity contribution in [2.45, 2.75) is 12.8 Å². The van der Waals surface area contributed by atoms with E-state index >= 15 is 0 Å². The zero-order valence-electron chi connectivity index (χ0n) is 13.4. The lowest BCUT2D eigenvalue weighted by Crippen LogP contribution is -2.33. The minimum Gasteiger partial charge on any atom is -0.481 e. The summed E-state index contributed by atoms with van der Waals surface area (Å²) in [5.41, 5.74) is 5.52. The smallest absolute Gasteiger partial charge is 0.303 e. The SMILES string of the molecule is O=C(O)CCCNC(=S)N/N=C(/c1ccccc1)c1ccc(Br)cc1. The first-order valence-corrected chi connectivity index (χ1v) is 8.91. The van der Waals surface area contributed by atoms with Gasteiger partial charge in [-0.3, -0.25) is 10.2 Å². The van der Waals surface area contributed by atoms with Crippen LogP contribution in [0.3, 0.4) is 0 Å². The van der Waals surface area contributed by atoms with Gasteiger partial charge in [0, 0.05) is 28.6 Å². The Kier molecular flexibility index (Phi) is 7.56. The van der Waals surface area contributed by atoms with Crippen LogP contribution in [0.4, 0.5) is 0 Å². The number of thiocarbonyl (C=S) groups is 1. The van der Waals surface area contributed by atoms with E-state index in [0.717, 1.165) is 21.3 Å². The number of halogens is 1. The Bertz CT molecular complexity index is 749. The molecule has 2 aromatic rings. The molecule has 2 rings (SSSR count). The largest absolute Gasteiger partial charge is 0.481 e. The second-order valence-electron chi connectivity index (χ2n) is 5.20. The van der Waals surface area contributed by atoms with E-state index in [1.54, 1.807) is 0 Å². The monoisotopic (exact) mass is 419 g/mol. The maximum absolute atomic E-state index is 10.5. The summed E-state index contributed by atoms with van der Waals surface area (Å²) in [6, 6.07) is 17.7. The van der Waals surface area contributed by atoms with Crippen LogP contribution in [0.15, 0.2) is 64.2 Å². The topological polar surface area (TPSA) is 73.7 Å². The molecule has 0 unspecified atom stereocenters. The minimum atomic E-state index is -0.819. The average Bonchev–Trinajstić information content (AvgIpc) is 2.61. The molecule has 0 atom stereocenters. The Morgan fingerprint density at radius 1 is 1.08 bits per heavy atom. The van der Waals surface area contributed by atoms with Crippen molar-refractivity contribution in [1.82, 2.24) is 10.7 Å². The molecule has 7 heteroatoms. The number of aliphatic carboxylic acids is 1. The van der Waals surface area contributed by atoms with Crippen LogP contribution < -0.4 is 10.7 Å². The Morgan fingerprint density at radius 2 is 1.72 bits per heavy atom. The highest BCUT2D eigenvalue weighted by Crippen LogP contribution is 2.15. The summed E-state index contributed by atoms with van der Waals surface area (Å²) < 4.78 is 0.993. The Hall–Kier alpha value is -2.25. The van der Waals surface area contributed by atoms with Crippen LogP contribution in [0.2, 0.25) is 0 Å². The summed E-state index contributed by atoms with van der Waals surface area (Å²) in [7, 11) is 0. The van der Waals surface area contributed by atoms with Gasteiger partial charge in [0.15, 0.2) is 5.11 Å². The highest BCUT2D eigenvalue weighted by molar-refractivity contribution is 9.10. The predicted octanol–water partition coefficient (Wildman–Crippen LogP) is 3.53. The molecule has 0 aliphatic rings. The van der Waals surface area contributed by atoms with Crippen LogP contribution in [0.1, 0.15) is 24.0 Å². The lowest BCUT2D eigenvalue weighted by atomic mass is 10.0. The fraction of sp³-hybridized carbons (Fsp3) is 0.167. The number of nitrogens with zero attached hydrogens (tertiary/aromatic N) is 1. The zero-order valence-corrected chi connectivity index (χ0v) is 15.8. The van der Waals surface area contributed by atoms with Crippen molar-refractivity contribution in [1.29, 1.82) is 0 Å². The first-order chi connectivity index (χ1) is 12.1. The summed E-state index contributed by atoms with van der Waals surface area (Å²) in [5, 5.41) is 16.4. The van der Waals surface area contributed by atoms with E-state index in [2.05, 4.69) is 31.8 Å². The van der Waals surface area contributed by atoms with Gasteiger partial charge in [0.25, 0.3) is 0 Å². The lowest BCUT2D eigenvalue weighted by molar-refractivity contribution is -0.137. The second-order valence-corrected chi connectivity index (χ2v) is 6.52. The number of rotatable bonds is 7. The first kappa shape index (κ1) is 19.1. The average molecular weight is 420 g/mol. The van der Waals surface area contributed by atoms with Crippen LogP contribution in [-0.2, 0) is 4.79 Å². The molecule has 0 radical (unpaired) electrons. The standard InChI is InChI=1S/C18H18BrN3O2S/c19-15-10-8-14(9-11-15)17(13-5-2-1-3-6-13)21-22-18(25)20-12-4-7-16(23)24/h1-3,5-6,8-11H,4,7,12H2,(H,23,24)(H2,20,22,25)/b21-17-. The second kappa shape index (κ2) is 9.90. The normalized spacial score (nSPS) is 11.0. The summed E-state index contributed by atoms with van der Waals surface area (Å²) in [6.07, 6.45) is 0.603. The lowest BCUT2D eigenvalue weighted by Gasteiger charge is -2.10. The molecule has 3 N–H and O–H groups in total. The molecule has 0 saturated heterocycles. The van der Waals surface area contributed by atoms with Gasteiger partial charge in [-0.05, 0) is 30.8 Å². The highest BCUT2D eigenvalue weighted by atomic mass is 79.9. The van der Waals surface area contributed by atoms with Crippen LogP contribution in [0, 0.1) is 0 Å². The minimum absolute atomic E-state index is 0.104.